The minimum absolute atomic E-state index is 0.0322. The number of nitrogens with zero attached hydrogens (tertiary/aromatic N) is 1. The highest BCUT2D eigenvalue weighted by Gasteiger charge is 2.17. The van der Waals surface area contributed by atoms with Crippen LogP contribution in [-0.4, -0.2) is 34.4 Å². The number of aliphatic hydroxyl groups is 1. The van der Waals surface area contributed by atoms with E-state index in [0.29, 0.717) is 16.6 Å². The molecule has 0 saturated carbocycles. The van der Waals surface area contributed by atoms with E-state index in [9.17, 15) is 9.18 Å². The molecule has 1 amide bonds. The van der Waals surface area contributed by atoms with E-state index in [1.807, 2.05) is 13.0 Å². The molecule has 4 N–H and O–H groups in total. The Morgan fingerprint density at radius 2 is 2.19 bits per heavy atom. The lowest BCUT2D eigenvalue weighted by molar-refractivity contribution is 0.0169. The highest BCUT2D eigenvalue weighted by molar-refractivity contribution is 6.08. The molecule has 0 bridgehead atoms. The number of amides is 1. The molecule has 0 radical (unpaired) electrons. The van der Waals surface area contributed by atoms with Crippen molar-refractivity contribution < 1.29 is 19.1 Å². The summed E-state index contributed by atoms with van der Waals surface area (Å²) in [6, 6.07) is 8.20. The molecular weight excluding hydrogens is 339 g/mol. The average molecular weight is 358 g/mol. The number of hydroxylamine groups is 1. The highest BCUT2D eigenvalue weighted by Crippen LogP contribution is 2.30. The minimum atomic E-state index is -0.519. The number of aliphatic hydroxyl groups excluding tert-OH is 1. The standard InChI is InChI=1S/C18H19FN4O3/c1-2-11-3-5-16(14(19)9-11)21-17-12(18(25)23-26-8-7-24)4-6-15-13(17)10-20-22-15/h3-6,9-10,21,24H,2,7-8H2,1H3,(H,20,22)(H,23,25). The highest BCUT2D eigenvalue weighted by atomic mass is 19.1. The number of H-pyrrole nitrogens is 1. The summed E-state index contributed by atoms with van der Waals surface area (Å²) in [7, 11) is 0. The smallest absolute Gasteiger partial charge is 0.276 e. The molecule has 0 atom stereocenters. The van der Waals surface area contributed by atoms with E-state index in [0.717, 1.165) is 12.0 Å². The lowest BCUT2D eigenvalue weighted by Crippen LogP contribution is -2.26. The van der Waals surface area contributed by atoms with Crippen molar-refractivity contribution in [2.45, 2.75) is 13.3 Å². The number of aromatic amines is 1. The van der Waals surface area contributed by atoms with Crippen LogP contribution in [0, 0.1) is 5.82 Å². The molecule has 3 aromatic rings. The largest absolute Gasteiger partial charge is 0.394 e. The number of carbonyl (C=O) groups excluding carboxylic acids is 1. The first-order valence-corrected chi connectivity index (χ1v) is 8.18. The first-order valence-electron chi connectivity index (χ1n) is 8.18. The van der Waals surface area contributed by atoms with Gasteiger partial charge in [-0.05, 0) is 36.2 Å². The van der Waals surface area contributed by atoms with Gasteiger partial charge in [-0.3, -0.25) is 14.7 Å². The lowest BCUT2D eigenvalue weighted by Gasteiger charge is -2.14. The Kier molecular flexibility index (Phi) is 5.45. The van der Waals surface area contributed by atoms with Crippen LogP contribution in [-0.2, 0) is 11.3 Å². The molecule has 0 spiro atoms. The number of fused-ring (bicyclic) bond motifs is 1. The van der Waals surface area contributed by atoms with Gasteiger partial charge in [0.05, 0.1) is 41.9 Å². The minimum Gasteiger partial charge on any atom is -0.394 e. The second-order valence-electron chi connectivity index (χ2n) is 5.62. The fourth-order valence-corrected chi connectivity index (χ4v) is 2.57. The Bertz CT molecular complexity index is 926. The molecule has 26 heavy (non-hydrogen) atoms. The van der Waals surface area contributed by atoms with Crippen LogP contribution in [0.4, 0.5) is 15.8 Å². The zero-order valence-corrected chi connectivity index (χ0v) is 14.2. The zero-order chi connectivity index (χ0) is 18.5. The van der Waals surface area contributed by atoms with Crippen LogP contribution in [0.1, 0.15) is 22.8 Å². The summed E-state index contributed by atoms with van der Waals surface area (Å²) in [5.41, 5.74) is 4.75. The molecule has 0 saturated heterocycles. The van der Waals surface area contributed by atoms with Crippen LogP contribution >= 0.6 is 0 Å². The lowest BCUT2D eigenvalue weighted by atomic mass is 10.1. The predicted molar refractivity (Wildman–Crippen MR) is 95.7 cm³/mol. The van der Waals surface area contributed by atoms with Crippen molar-refractivity contribution in [2.75, 3.05) is 18.5 Å². The molecule has 0 unspecified atom stereocenters. The van der Waals surface area contributed by atoms with Crippen LogP contribution in [0.2, 0.25) is 0 Å². The van der Waals surface area contributed by atoms with Crippen LogP contribution in [0.5, 0.6) is 0 Å². The maximum Gasteiger partial charge on any atom is 0.276 e. The number of carbonyl (C=O) groups is 1. The van der Waals surface area contributed by atoms with Gasteiger partial charge in [0.15, 0.2) is 0 Å². The van der Waals surface area contributed by atoms with Gasteiger partial charge in [-0.1, -0.05) is 13.0 Å². The summed E-state index contributed by atoms with van der Waals surface area (Å²) in [5, 5.41) is 19.2. The van der Waals surface area contributed by atoms with E-state index in [1.165, 1.54) is 6.07 Å². The quantitative estimate of drug-likeness (QED) is 0.384. The van der Waals surface area contributed by atoms with Gasteiger partial charge < -0.3 is 10.4 Å². The molecule has 1 aromatic heterocycles. The molecule has 8 heteroatoms. The molecule has 0 aliphatic carbocycles. The summed E-state index contributed by atoms with van der Waals surface area (Å²) < 4.78 is 14.4. The van der Waals surface area contributed by atoms with Crippen molar-refractivity contribution in [1.82, 2.24) is 15.7 Å². The van der Waals surface area contributed by atoms with Crippen molar-refractivity contribution in [2.24, 2.45) is 0 Å². The third-order valence-corrected chi connectivity index (χ3v) is 3.93. The van der Waals surface area contributed by atoms with Crippen molar-refractivity contribution >= 4 is 28.2 Å². The van der Waals surface area contributed by atoms with E-state index in [2.05, 4.69) is 21.0 Å². The van der Waals surface area contributed by atoms with Gasteiger partial charge in [-0.25, -0.2) is 9.87 Å². The number of hydrogen-bond acceptors (Lipinski definition) is 5. The van der Waals surface area contributed by atoms with Gasteiger partial charge in [-0.15, -0.1) is 0 Å². The number of rotatable bonds is 7. The van der Waals surface area contributed by atoms with Crippen LogP contribution in [0.3, 0.4) is 0 Å². The van der Waals surface area contributed by atoms with Crippen molar-refractivity contribution in [3.8, 4) is 0 Å². The van der Waals surface area contributed by atoms with Gasteiger partial charge in [0.1, 0.15) is 5.82 Å². The molecule has 7 nitrogen and oxygen atoms in total. The number of aromatic nitrogens is 2. The number of benzene rings is 2. The Labute approximate surface area is 149 Å². The Morgan fingerprint density at radius 1 is 1.35 bits per heavy atom. The summed E-state index contributed by atoms with van der Waals surface area (Å²) in [6.45, 7) is 1.69. The number of halogens is 1. The number of anilines is 2. The van der Waals surface area contributed by atoms with E-state index in [1.54, 1.807) is 24.4 Å². The third-order valence-electron chi connectivity index (χ3n) is 3.93. The molecule has 0 aliphatic heterocycles. The van der Waals surface area contributed by atoms with E-state index in [4.69, 9.17) is 9.94 Å². The van der Waals surface area contributed by atoms with Crippen LogP contribution in [0.25, 0.3) is 10.9 Å². The monoisotopic (exact) mass is 358 g/mol. The maximum atomic E-state index is 14.4. The SMILES string of the molecule is CCc1ccc(Nc2c(C(=O)NOCCO)ccc3[nH]ncc23)c(F)c1. The van der Waals surface area contributed by atoms with Gasteiger partial charge in [0.2, 0.25) is 0 Å². The van der Waals surface area contributed by atoms with Crippen molar-refractivity contribution in [3.63, 3.8) is 0 Å². The average Bonchev–Trinajstić information content (AvgIpc) is 3.12. The Balaban J connectivity index is 1.98. The van der Waals surface area contributed by atoms with Gasteiger partial charge >= 0.3 is 0 Å². The summed E-state index contributed by atoms with van der Waals surface area (Å²) >= 11 is 0. The van der Waals surface area contributed by atoms with Gasteiger partial charge in [0, 0.05) is 5.39 Å². The normalized spacial score (nSPS) is 10.9. The molecule has 0 aliphatic rings. The third kappa shape index (κ3) is 3.66. The molecular formula is C18H19FN4O3. The fraction of sp³-hybridized carbons (Fsp3) is 0.222. The number of hydrogen-bond donors (Lipinski definition) is 4. The fourth-order valence-electron chi connectivity index (χ4n) is 2.57. The van der Waals surface area contributed by atoms with Crippen molar-refractivity contribution in [1.29, 1.82) is 0 Å². The Hall–Kier alpha value is -2.97. The molecule has 3 rings (SSSR count). The first kappa shape index (κ1) is 17.8. The number of aryl methyl sites for hydroxylation is 1. The predicted octanol–water partition coefficient (Wildman–Crippen LogP) is 2.66. The molecule has 1 heterocycles. The van der Waals surface area contributed by atoms with Gasteiger partial charge in [-0.2, -0.15) is 5.10 Å². The van der Waals surface area contributed by atoms with Crippen LogP contribution < -0.4 is 10.8 Å². The zero-order valence-electron chi connectivity index (χ0n) is 14.2. The topological polar surface area (TPSA) is 99.3 Å². The molecule has 136 valence electrons. The van der Waals surface area contributed by atoms with E-state index >= 15 is 0 Å². The van der Waals surface area contributed by atoms with Crippen LogP contribution in [0.15, 0.2) is 36.5 Å². The summed E-state index contributed by atoms with van der Waals surface area (Å²) in [4.78, 5) is 17.3. The van der Waals surface area contributed by atoms with E-state index in [-0.39, 0.29) is 24.5 Å². The maximum absolute atomic E-state index is 14.4. The molecule has 0 fully saturated rings. The van der Waals surface area contributed by atoms with E-state index < -0.39 is 11.7 Å². The summed E-state index contributed by atoms with van der Waals surface area (Å²) in [5.74, 6) is -0.928. The number of nitrogens with one attached hydrogen (secondary N) is 3. The summed E-state index contributed by atoms with van der Waals surface area (Å²) in [6.07, 6.45) is 2.28. The second kappa shape index (κ2) is 7.94. The molecule has 2 aromatic carbocycles. The second-order valence-corrected chi connectivity index (χ2v) is 5.62. The van der Waals surface area contributed by atoms with Gasteiger partial charge in [0.25, 0.3) is 5.91 Å². The first-order chi connectivity index (χ1) is 12.6. The Morgan fingerprint density at radius 3 is 2.92 bits per heavy atom. The van der Waals surface area contributed by atoms with Crippen molar-refractivity contribution in [3.05, 3.63) is 53.5 Å².